The van der Waals surface area contributed by atoms with Crippen LogP contribution in [-0.2, 0) is 16.0 Å². The van der Waals surface area contributed by atoms with Crippen LogP contribution in [0.1, 0.15) is 17.7 Å². The van der Waals surface area contributed by atoms with Crippen molar-refractivity contribution in [3.05, 3.63) is 41.7 Å². The van der Waals surface area contributed by atoms with Crippen molar-refractivity contribution in [2.75, 3.05) is 25.1 Å². The largest absolute Gasteiger partial charge is 0.496 e. The lowest BCUT2D eigenvalue weighted by molar-refractivity contribution is -0.126. The van der Waals surface area contributed by atoms with E-state index in [0.717, 1.165) is 11.3 Å². The van der Waals surface area contributed by atoms with E-state index in [-0.39, 0.29) is 24.2 Å². The van der Waals surface area contributed by atoms with E-state index in [1.165, 1.54) is 4.90 Å². The van der Waals surface area contributed by atoms with Gasteiger partial charge in [0.1, 0.15) is 11.5 Å². The third-order valence-corrected chi connectivity index (χ3v) is 4.27. The fraction of sp³-hybridized carbons (Fsp3) is 0.389. The minimum atomic E-state index is -0.373. The number of para-hydroxylation sites is 1. The van der Waals surface area contributed by atoms with Crippen molar-refractivity contribution in [3.63, 3.8) is 0 Å². The molecule has 132 valence electrons. The summed E-state index contributed by atoms with van der Waals surface area (Å²) in [6.45, 7) is 2.58. The van der Waals surface area contributed by atoms with E-state index < -0.39 is 0 Å². The number of hydrogen-bond acceptors (Lipinski definition) is 5. The molecule has 2 heterocycles. The molecule has 0 saturated carbocycles. The topological polar surface area (TPSA) is 84.7 Å². The molecule has 7 heteroatoms. The summed E-state index contributed by atoms with van der Waals surface area (Å²) in [6, 6.07) is 9.40. The number of ether oxygens (including phenoxy) is 1. The Morgan fingerprint density at radius 2 is 2.24 bits per heavy atom. The number of anilines is 1. The number of nitrogens with zero attached hydrogens (tertiary/aromatic N) is 2. The van der Waals surface area contributed by atoms with Crippen LogP contribution in [0.25, 0.3) is 0 Å². The predicted octanol–water partition coefficient (Wildman–Crippen LogP) is 1.70. The lowest BCUT2D eigenvalue weighted by Crippen LogP contribution is -2.34. The molecule has 1 saturated heterocycles. The number of carbonyl (C=O) groups excluding carboxylic acids is 2. The van der Waals surface area contributed by atoms with Crippen LogP contribution in [0.3, 0.4) is 0 Å². The van der Waals surface area contributed by atoms with Gasteiger partial charge < -0.3 is 14.6 Å². The molecule has 1 unspecified atom stereocenters. The van der Waals surface area contributed by atoms with Crippen LogP contribution < -0.4 is 15.0 Å². The maximum atomic E-state index is 12.4. The van der Waals surface area contributed by atoms with E-state index in [1.807, 2.05) is 24.3 Å². The Hall–Kier alpha value is -2.83. The maximum absolute atomic E-state index is 12.4. The number of carbonyl (C=O) groups is 2. The Labute approximate surface area is 145 Å². The van der Waals surface area contributed by atoms with Gasteiger partial charge >= 0.3 is 0 Å². The lowest BCUT2D eigenvalue weighted by Gasteiger charge is -2.13. The summed E-state index contributed by atoms with van der Waals surface area (Å²) >= 11 is 0. The number of benzene rings is 1. The van der Waals surface area contributed by atoms with Crippen LogP contribution in [0.4, 0.5) is 5.82 Å². The Balaban J connectivity index is 1.53. The van der Waals surface area contributed by atoms with Crippen molar-refractivity contribution in [2.45, 2.75) is 19.8 Å². The third-order valence-electron chi connectivity index (χ3n) is 4.27. The van der Waals surface area contributed by atoms with E-state index in [9.17, 15) is 9.59 Å². The SMILES string of the molecule is COc1ccccc1CCNC(=O)C1CC(=O)N(c2cc(C)on2)C1. The van der Waals surface area contributed by atoms with Gasteiger partial charge in [0, 0.05) is 25.6 Å². The van der Waals surface area contributed by atoms with Gasteiger partial charge in [-0.05, 0) is 25.0 Å². The first-order valence-corrected chi connectivity index (χ1v) is 8.21. The molecule has 1 aliphatic heterocycles. The zero-order chi connectivity index (χ0) is 17.8. The summed E-state index contributed by atoms with van der Waals surface area (Å²) in [5.41, 5.74) is 1.03. The molecular weight excluding hydrogens is 322 g/mol. The molecule has 0 radical (unpaired) electrons. The highest BCUT2D eigenvalue weighted by Gasteiger charge is 2.36. The smallest absolute Gasteiger partial charge is 0.229 e. The zero-order valence-corrected chi connectivity index (χ0v) is 14.3. The monoisotopic (exact) mass is 343 g/mol. The van der Waals surface area contributed by atoms with Gasteiger partial charge in [0.2, 0.25) is 11.8 Å². The van der Waals surface area contributed by atoms with E-state index in [1.54, 1.807) is 20.1 Å². The number of amides is 2. The van der Waals surface area contributed by atoms with Crippen molar-refractivity contribution >= 4 is 17.6 Å². The van der Waals surface area contributed by atoms with Gasteiger partial charge in [-0.15, -0.1) is 0 Å². The Kier molecular flexibility index (Phi) is 5.02. The normalized spacial score (nSPS) is 17.0. The molecular formula is C18H21N3O4. The summed E-state index contributed by atoms with van der Waals surface area (Å²) < 4.78 is 10.3. The first kappa shape index (κ1) is 17.0. The van der Waals surface area contributed by atoms with E-state index in [4.69, 9.17) is 9.26 Å². The summed E-state index contributed by atoms with van der Waals surface area (Å²) in [7, 11) is 1.63. The van der Waals surface area contributed by atoms with Crippen molar-refractivity contribution in [3.8, 4) is 5.75 Å². The Morgan fingerprint density at radius 1 is 1.44 bits per heavy atom. The van der Waals surface area contributed by atoms with Gasteiger partial charge in [0.05, 0.1) is 13.0 Å². The van der Waals surface area contributed by atoms with Crippen LogP contribution in [0.5, 0.6) is 5.75 Å². The second kappa shape index (κ2) is 7.38. The van der Waals surface area contributed by atoms with Crippen LogP contribution in [0, 0.1) is 12.8 Å². The minimum Gasteiger partial charge on any atom is -0.496 e. The predicted molar refractivity (Wildman–Crippen MR) is 91.4 cm³/mol. The molecule has 25 heavy (non-hydrogen) atoms. The van der Waals surface area contributed by atoms with Gasteiger partial charge in [-0.1, -0.05) is 23.4 Å². The molecule has 1 aliphatic rings. The van der Waals surface area contributed by atoms with Gasteiger partial charge in [-0.25, -0.2) is 0 Å². The molecule has 7 nitrogen and oxygen atoms in total. The molecule has 1 N–H and O–H groups in total. The highest BCUT2D eigenvalue weighted by Crippen LogP contribution is 2.25. The minimum absolute atomic E-state index is 0.113. The van der Waals surface area contributed by atoms with Gasteiger partial charge in [0.15, 0.2) is 5.82 Å². The average Bonchev–Trinajstić information content (AvgIpc) is 3.21. The molecule has 1 fully saturated rings. The van der Waals surface area contributed by atoms with Crippen molar-refractivity contribution in [2.24, 2.45) is 5.92 Å². The molecule has 2 aromatic rings. The second-order valence-corrected chi connectivity index (χ2v) is 6.05. The Morgan fingerprint density at radius 3 is 2.96 bits per heavy atom. The zero-order valence-electron chi connectivity index (χ0n) is 14.3. The first-order valence-electron chi connectivity index (χ1n) is 8.21. The molecule has 3 rings (SSSR count). The maximum Gasteiger partial charge on any atom is 0.229 e. The quantitative estimate of drug-likeness (QED) is 0.863. The molecule has 2 amide bonds. The Bertz CT molecular complexity index is 771. The summed E-state index contributed by atoms with van der Waals surface area (Å²) in [6.07, 6.45) is 0.856. The number of rotatable bonds is 6. The van der Waals surface area contributed by atoms with Crippen molar-refractivity contribution in [1.29, 1.82) is 0 Å². The average molecular weight is 343 g/mol. The molecule has 1 aromatic heterocycles. The highest BCUT2D eigenvalue weighted by molar-refractivity contribution is 5.99. The molecule has 0 bridgehead atoms. The van der Waals surface area contributed by atoms with Gasteiger partial charge in [0.25, 0.3) is 0 Å². The fourth-order valence-corrected chi connectivity index (χ4v) is 2.96. The molecule has 1 atom stereocenters. The number of hydrogen-bond donors (Lipinski definition) is 1. The standard InChI is InChI=1S/C18H21N3O4/c1-12-9-16(20-25-12)21-11-14(10-17(21)22)18(23)19-8-7-13-5-3-4-6-15(13)24-2/h3-6,9,14H,7-8,10-11H2,1-2H3,(H,19,23). The van der Waals surface area contributed by atoms with Crippen LogP contribution in [-0.4, -0.2) is 37.2 Å². The third kappa shape index (κ3) is 3.81. The highest BCUT2D eigenvalue weighted by atomic mass is 16.5. The summed E-state index contributed by atoms with van der Waals surface area (Å²) in [5.74, 6) is 1.30. The van der Waals surface area contributed by atoms with Gasteiger partial charge in [-0.2, -0.15) is 0 Å². The van der Waals surface area contributed by atoms with E-state index in [0.29, 0.717) is 31.1 Å². The summed E-state index contributed by atoms with van der Waals surface area (Å²) in [4.78, 5) is 26.0. The second-order valence-electron chi connectivity index (χ2n) is 6.05. The lowest BCUT2D eigenvalue weighted by atomic mass is 10.1. The molecule has 0 aliphatic carbocycles. The number of nitrogens with one attached hydrogen (secondary N) is 1. The summed E-state index contributed by atoms with van der Waals surface area (Å²) in [5, 5.41) is 6.75. The van der Waals surface area contributed by atoms with Crippen LogP contribution in [0.15, 0.2) is 34.9 Å². The van der Waals surface area contributed by atoms with Crippen molar-refractivity contribution < 1.29 is 18.8 Å². The fourth-order valence-electron chi connectivity index (χ4n) is 2.96. The van der Waals surface area contributed by atoms with Crippen LogP contribution in [0.2, 0.25) is 0 Å². The number of aryl methyl sites for hydroxylation is 1. The van der Waals surface area contributed by atoms with Gasteiger partial charge in [-0.3, -0.25) is 14.5 Å². The van der Waals surface area contributed by atoms with E-state index >= 15 is 0 Å². The van der Waals surface area contributed by atoms with Crippen LogP contribution >= 0.6 is 0 Å². The number of aromatic nitrogens is 1. The first-order chi connectivity index (χ1) is 12.1. The van der Waals surface area contributed by atoms with Crippen molar-refractivity contribution in [1.82, 2.24) is 10.5 Å². The van der Waals surface area contributed by atoms with E-state index in [2.05, 4.69) is 10.5 Å². The molecule has 0 spiro atoms. The number of methoxy groups -OCH3 is 1. The molecule has 1 aromatic carbocycles.